The minimum atomic E-state index is -0.946. The predicted octanol–water partition coefficient (Wildman–Crippen LogP) is 3.26. The number of amides is 1. The van der Waals surface area contributed by atoms with Gasteiger partial charge < -0.3 is 19.5 Å². The molecule has 0 bridgehead atoms. The van der Waals surface area contributed by atoms with E-state index in [1.165, 1.54) is 14.2 Å². The minimum Gasteiger partial charge on any atom is -0.493 e. The van der Waals surface area contributed by atoms with Crippen molar-refractivity contribution < 1.29 is 23.8 Å². The monoisotopic (exact) mass is 337 g/mol. The van der Waals surface area contributed by atoms with E-state index in [0.717, 1.165) is 0 Å². The largest absolute Gasteiger partial charge is 0.493 e. The molecule has 0 saturated heterocycles. The highest BCUT2D eigenvalue weighted by Crippen LogP contribution is 2.26. The number of carbonyl (C=O) groups excluding carboxylic acids is 2. The first-order valence-electron chi connectivity index (χ1n) is 7.99. The smallest absolute Gasteiger partial charge is 0.341 e. The van der Waals surface area contributed by atoms with Crippen LogP contribution < -0.4 is 10.1 Å². The van der Waals surface area contributed by atoms with Crippen LogP contribution in [0.15, 0.2) is 18.2 Å². The highest BCUT2D eigenvalue weighted by molar-refractivity contribution is 5.99. The Kier molecular flexibility index (Phi) is 7.22. The summed E-state index contributed by atoms with van der Waals surface area (Å²) in [7, 11) is 2.81. The Hall–Kier alpha value is -2.08. The van der Waals surface area contributed by atoms with Crippen LogP contribution in [-0.4, -0.2) is 38.3 Å². The van der Waals surface area contributed by atoms with Crippen LogP contribution in [-0.2, 0) is 14.3 Å². The molecular formula is C18H27NO5. The molecule has 6 heteroatoms. The first-order valence-corrected chi connectivity index (χ1v) is 7.99. The second-order valence-corrected chi connectivity index (χ2v) is 6.12. The number of hydrogen-bond acceptors (Lipinski definition) is 5. The Labute approximate surface area is 143 Å². The second kappa shape index (κ2) is 8.68. The molecule has 6 nitrogen and oxygen atoms in total. The normalized spacial score (nSPS) is 13.3. The molecule has 0 fully saturated rings. The van der Waals surface area contributed by atoms with E-state index in [0.29, 0.717) is 30.4 Å². The zero-order valence-corrected chi connectivity index (χ0v) is 15.3. The van der Waals surface area contributed by atoms with E-state index < -0.39 is 11.6 Å². The fourth-order valence-electron chi connectivity index (χ4n) is 2.47. The summed E-state index contributed by atoms with van der Waals surface area (Å²) in [5.74, 6) is -0.0735. The minimum absolute atomic E-state index is 0.264. The Bertz CT molecular complexity index is 585. The lowest BCUT2D eigenvalue weighted by molar-refractivity contribution is -0.137. The average Bonchev–Trinajstić information content (AvgIpc) is 2.54. The molecule has 1 N–H and O–H groups in total. The van der Waals surface area contributed by atoms with E-state index >= 15 is 0 Å². The molecule has 0 aliphatic heterocycles. The molecule has 1 aromatic carbocycles. The maximum absolute atomic E-state index is 12.6. The van der Waals surface area contributed by atoms with Gasteiger partial charge in [0.1, 0.15) is 16.9 Å². The third-order valence-corrected chi connectivity index (χ3v) is 3.67. The van der Waals surface area contributed by atoms with Crippen molar-refractivity contribution >= 4 is 17.6 Å². The second-order valence-electron chi connectivity index (χ2n) is 6.12. The van der Waals surface area contributed by atoms with E-state index in [4.69, 9.17) is 14.2 Å². The van der Waals surface area contributed by atoms with Gasteiger partial charge in [0.05, 0.1) is 13.7 Å². The molecule has 0 aliphatic carbocycles. The Morgan fingerprint density at radius 3 is 2.42 bits per heavy atom. The van der Waals surface area contributed by atoms with Gasteiger partial charge in [0.2, 0.25) is 0 Å². The topological polar surface area (TPSA) is 73.9 Å². The zero-order valence-electron chi connectivity index (χ0n) is 15.3. The zero-order chi connectivity index (χ0) is 18.3. The summed E-state index contributed by atoms with van der Waals surface area (Å²) in [6.45, 7) is 8.05. The number of benzene rings is 1. The van der Waals surface area contributed by atoms with Crippen LogP contribution in [0.1, 0.15) is 44.5 Å². The van der Waals surface area contributed by atoms with Gasteiger partial charge in [-0.2, -0.15) is 0 Å². The molecule has 0 aliphatic rings. The quantitative estimate of drug-likeness (QED) is 0.737. The molecule has 0 spiro atoms. The summed E-state index contributed by atoms with van der Waals surface area (Å²) in [6.07, 6.45) is 0.580. The Morgan fingerprint density at radius 1 is 1.25 bits per heavy atom. The number of esters is 1. The van der Waals surface area contributed by atoms with Crippen LogP contribution in [0.25, 0.3) is 0 Å². The van der Waals surface area contributed by atoms with E-state index in [9.17, 15) is 9.59 Å². The van der Waals surface area contributed by atoms with Crippen LogP contribution in [0, 0.1) is 5.92 Å². The van der Waals surface area contributed by atoms with Crippen LogP contribution in [0.3, 0.4) is 0 Å². The van der Waals surface area contributed by atoms with Crippen molar-refractivity contribution in [1.82, 2.24) is 0 Å². The van der Waals surface area contributed by atoms with Crippen molar-refractivity contribution in [2.24, 2.45) is 5.92 Å². The summed E-state index contributed by atoms with van der Waals surface area (Å²) >= 11 is 0. The molecule has 1 atom stereocenters. The van der Waals surface area contributed by atoms with Crippen molar-refractivity contribution in [2.75, 3.05) is 26.1 Å². The van der Waals surface area contributed by atoms with Crippen molar-refractivity contribution in [3.05, 3.63) is 23.8 Å². The Balaban J connectivity index is 3.06. The number of carbonyl (C=O) groups is 2. The van der Waals surface area contributed by atoms with E-state index in [1.807, 2.05) is 20.8 Å². The van der Waals surface area contributed by atoms with Crippen molar-refractivity contribution in [2.45, 2.75) is 39.7 Å². The molecule has 0 radical (unpaired) electrons. The average molecular weight is 337 g/mol. The number of rotatable bonds is 8. The lowest BCUT2D eigenvalue weighted by atomic mass is 9.93. The van der Waals surface area contributed by atoms with E-state index in [-0.39, 0.29) is 11.5 Å². The summed E-state index contributed by atoms with van der Waals surface area (Å²) < 4.78 is 15.6. The Morgan fingerprint density at radius 2 is 1.92 bits per heavy atom. The maximum Gasteiger partial charge on any atom is 0.341 e. The third kappa shape index (κ3) is 4.96. The van der Waals surface area contributed by atoms with Gasteiger partial charge in [-0.25, -0.2) is 4.79 Å². The summed E-state index contributed by atoms with van der Waals surface area (Å²) in [4.78, 5) is 24.5. The summed E-state index contributed by atoms with van der Waals surface area (Å²) in [5, 5.41) is 2.80. The molecule has 0 saturated carbocycles. The maximum atomic E-state index is 12.6. The number of nitrogens with one attached hydrogen (secondary N) is 1. The molecule has 0 aromatic heterocycles. The predicted molar refractivity (Wildman–Crippen MR) is 92.4 cm³/mol. The molecular weight excluding hydrogens is 310 g/mol. The van der Waals surface area contributed by atoms with Gasteiger partial charge in [0, 0.05) is 12.8 Å². The van der Waals surface area contributed by atoms with Crippen LogP contribution in [0.5, 0.6) is 5.75 Å². The number of hydrogen-bond donors (Lipinski definition) is 1. The molecule has 24 heavy (non-hydrogen) atoms. The van der Waals surface area contributed by atoms with Gasteiger partial charge in [0.25, 0.3) is 5.91 Å². The summed E-state index contributed by atoms with van der Waals surface area (Å²) in [5.41, 5.74) is -0.200. The first-order chi connectivity index (χ1) is 11.3. The summed E-state index contributed by atoms with van der Waals surface area (Å²) in [6, 6.07) is 4.86. The van der Waals surface area contributed by atoms with Gasteiger partial charge in [0.15, 0.2) is 0 Å². The SMILES string of the molecule is CCOc1ccc(NC(=O)C(C)(CC(C)C)OC)cc1C(=O)OC. The molecule has 0 heterocycles. The van der Waals surface area contributed by atoms with Crippen molar-refractivity contribution in [3.63, 3.8) is 0 Å². The number of methoxy groups -OCH3 is 2. The van der Waals surface area contributed by atoms with Crippen LogP contribution in [0.4, 0.5) is 5.69 Å². The fraction of sp³-hybridized carbons (Fsp3) is 0.556. The van der Waals surface area contributed by atoms with E-state index in [2.05, 4.69) is 5.32 Å². The highest BCUT2D eigenvalue weighted by atomic mass is 16.5. The van der Waals surface area contributed by atoms with Gasteiger partial charge in [-0.05, 0) is 44.4 Å². The lowest BCUT2D eigenvalue weighted by Crippen LogP contribution is -2.43. The van der Waals surface area contributed by atoms with Gasteiger partial charge >= 0.3 is 5.97 Å². The highest BCUT2D eigenvalue weighted by Gasteiger charge is 2.34. The van der Waals surface area contributed by atoms with Gasteiger partial charge in [-0.15, -0.1) is 0 Å². The van der Waals surface area contributed by atoms with Crippen molar-refractivity contribution in [3.8, 4) is 5.75 Å². The lowest BCUT2D eigenvalue weighted by Gasteiger charge is -2.28. The van der Waals surface area contributed by atoms with Crippen molar-refractivity contribution in [1.29, 1.82) is 0 Å². The first kappa shape index (κ1) is 20.0. The number of anilines is 1. The van der Waals surface area contributed by atoms with Crippen LogP contribution in [0.2, 0.25) is 0 Å². The van der Waals surface area contributed by atoms with Gasteiger partial charge in [-0.1, -0.05) is 13.8 Å². The molecule has 1 aromatic rings. The fourth-order valence-corrected chi connectivity index (χ4v) is 2.47. The third-order valence-electron chi connectivity index (χ3n) is 3.67. The molecule has 1 unspecified atom stereocenters. The van der Waals surface area contributed by atoms with E-state index in [1.54, 1.807) is 25.1 Å². The molecule has 1 amide bonds. The number of ether oxygens (including phenoxy) is 3. The van der Waals surface area contributed by atoms with Gasteiger partial charge in [-0.3, -0.25) is 4.79 Å². The molecule has 134 valence electrons. The van der Waals surface area contributed by atoms with Crippen LogP contribution >= 0.6 is 0 Å². The molecule has 1 rings (SSSR count). The standard InChI is InChI=1S/C18H27NO5/c1-7-24-15-9-8-13(10-14(15)16(20)22-5)19-17(21)18(4,23-6)11-12(2)3/h8-10,12H,7,11H2,1-6H3,(H,19,21).